The van der Waals surface area contributed by atoms with E-state index in [4.69, 9.17) is 0 Å². The first-order chi connectivity index (χ1) is 5.40. The molecule has 3 nitrogen and oxygen atoms in total. The van der Waals surface area contributed by atoms with Gasteiger partial charge in [-0.25, -0.2) is 4.52 Å². The van der Waals surface area contributed by atoms with Gasteiger partial charge in [0.2, 0.25) is 0 Å². The van der Waals surface area contributed by atoms with Crippen molar-refractivity contribution in [1.82, 2.24) is 9.61 Å². The molecule has 2 aromatic rings. The monoisotopic (exact) mass is 183 g/mol. The Kier molecular flexibility index (Phi) is 2.55. The van der Waals surface area contributed by atoms with E-state index >= 15 is 0 Å². The zero-order valence-corrected chi connectivity index (χ0v) is 7.51. The van der Waals surface area contributed by atoms with Gasteiger partial charge in [-0.3, -0.25) is 0 Å². The fourth-order valence-corrected chi connectivity index (χ4v) is 1.06. The van der Waals surface area contributed by atoms with Gasteiger partial charge >= 0.3 is 0 Å². The first-order valence-electron chi connectivity index (χ1n) is 3.52. The van der Waals surface area contributed by atoms with E-state index in [1.807, 2.05) is 42.0 Å². The second-order valence-corrected chi connectivity index (χ2v) is 2.35. The number of fused-ring (bicyclic) bond motifs is 1. The lowest BCUT2D eigenvalue weighted by Crippen LogP contribution is -1.89. The zero-order chi connectivity index (χ0) is 7.68. The third kappa shape index (κ3) is 1.36. The van der Waals surface area contributed by atoms with Crippen LogP contribution >= 0.6 is 12.4 Å². The highest BCUT2D eigenvalue weighted by molar-refractivity contribution is 5.85. The molecule has 0 bridgehead atoms. The van der Waals surface area contributed by atoms with Gasteiger partial charge in [-0.1, -0.05) is 6.07 Å². The molecule has 0 saturated heterocycles. The standard InChI is InChI=1S/C8H9N3.ClH/c1-9-8-6-7-4-2-3-5-11(7)10-8;/h2-6H,1H3,(H,9,10);1H. The molecule has 0 unspecified atom stereocenters. The summed E-state index contributed by atoms with van der Waals surface area (Å²) in [5.41, 5.74) is 1.11. The summed E-state index contributed by atoms with van der Waals surface area (Å²) >= 11 is 0. The summed E-state index contributed by atoms with van der Waals surface area (Å²) in [7, 11) is 1.86. The summed E-state index contributed by atoms with van der Waals surface area (Å²) in [4.78, 5) is 0. The Labute approximate surface area is 76.8 Å². The van der Waals surface area contributed by atoms with Crippen molar-refractivity contribution in [2.75, 3.05) is 12.4 Å². The van der Waals surface area contributed by atoms with Crippen LogP contribution in [0.1, 0.15) is 0 Å². The minimum atomic E-state index is 0. The van der Waals surface area contributed by atoms with Gasteiger partial charge in [-0.15, -0.1) is 12.4 Å². The molecular weight excluding hydrogens is 174 g/mol. The summed E-state index contributed by atoms with van der Waals surface area (Å²) in [6.45, 7) is 0. The van der Waals surface area contributed by atoms with E-state index in [1.54, 1.807) is 0 Å². The molecule has 0 fully saturated rings. The van der Waals surface area contributed by atoms with Crippen molar-refractivity contribution in [3.63, 3.8) is 0 Å². The van der Waals surface area contributed by atoms with Crippen LogP contribution in [0.25, 0.3) is 5.52 Å². The molecule has 0 saturated carbocycles. The Hall–Kier alpha value is -1.22. The highest BCUT2D eigenvalue weighted by Gasteiger charge is 1.95. The number of hydrogen-bond acceptors (Lipinski definition) is 2. The number of anilines is 1. The molecule has 0 amide bonds. The Morgan fingerprint density at radius 1 is 1.42 bits per heavy atom. The fraction of sp³-hybridized carbons (Fsp3) is 0.125. The topological polar surface area (TPSA) is 29.3 Å². The third-order valence-corrected chi connectivity index (χ3v) is 1.63. The highest BCUT2D eigenvalue weighted by Crippen LogP contribution is 2.08. The lowest BCUT2D eigenvalue weighted by Gasteiger charge is -1.88. The second kappa shape index (κ2) is 3.45. The largest absolute Gasteiger partial charge is 0.372 e. The van der Waals surface area contributed by atoms with Crippen LogP contribution in [0.2, 0.25) is 0 Å². The molecule has 0 radical (unpaired) electrons. The maximum atomic E-state index is 4.24. The fourth-order valence-electron chi connectivity index (χ4n) is 1.06. The quantitative estimate of drug-likeness (QED) is 0.731. The first kappa shape index (κ1) is 8.87. The lowest BCUT2D eigenvalue weighted by atomic mass is 10.4. The lowest BCUT2D eigenvalue weighted by molar-refractivity contribution is 0.963. The number of pyridine rings is 1. The van der Waals surface area contributed by atoms with Crippen LogP contribution in [0, 0.1) is 0 Å². The molecule has 0 aliphatic rings. The van der Waals surface area contributed by atoms with Gasteiger partial charge in [-0.2, -0.15) is 5.10 Å². The van der Waals surface area contributed by atoms with E-state index in [0.717, 1.165) is 11.3 Å². The van der Waals surface area contributed by atoms with Crippen LogP contribution < -0.4 is 5.32 Å². The summed E-state index contributed by atoms with van der Waals surface area (Å²) in [5, 5.41) is 7.22. The Balaban J connectivity index is 0.000000720. The molecule has 2 aromatic heterocycles. The van der Waals surface area contributed by atoms with Crippen molar-refractivity contribution in [1.29, 1.82) is 0 Å². The zero-order valence-electron chi connectivity index (χ0n) is 6.69. The van der Waals surface area contributed by atoms with E-state index < -0.39 is 0 Å². The highest BCUT2D eigenvalue weighted by atomic mass is 35.5. The van der Waals surface area contributed by atoms with E-state index in [-0.39, 0.29) is 12.4 Å². The number of aromatic nitrogens is 2. The summed E-state index contributed by atoms with van der Waals surface area (Å²) in [6.07, 6.45) is 1.93. The summed E-state index contributed by atoms with van der Waals surface area (Å²) in [6, 6.07) is 7.98. The number of hydrogen-bond donors (Lipinski definition) is 1. The third-order valence-electron chi connectivity index (χ3n) is 1.63. The van der Waals surface area contributed by atoms with Gasteiger partial charge in [-0.05, 0) is 12.1 Å². The maximum Gasteiger partial charge on any atom is 0.148 e. The second-order valence-electron chi connectivity index (χ2n) is 2.35. The molecule has 0 atom stereocenters. The van der Waals surface area contributed by atoms with Crippen LogP contribution in [0.5, 0.6) is 0 Å². The van der Waals surface area contributed by atoms with Crippen LogP contribution in [0.15, 0.2) is 30.5 Å². The number of halogens is 1. The summed E-state index contributed by atoms with van der Waals surface area (Å²) < 4.78 is 1.84. The maximum absolute atomic E-state index is 4.24. The molecule has 0 aliphatic heterocycles. The van der Waals surface area contributed by atoms with E-state index in [0.29, 0.717) is 0 Å². The summed E-state index contributed by atoms with van der Waals surface area (Å²) in [5.74, 6) is 0.899. The molecule has 0 spiro atoms. The Morgan fingerprint density at radius 3 is 2.92 bits per heavy atom. The van der Waals surface area contributed by atoms with Crippen molar-refractivity contribution in [2.45, 2.75) is 0 Å². The normalized spacial score (nSPS) is 9.42. The molecule has 12 heavy (non-hydrogen) atoms. The Bertz CT molecular complexity index is 336. The van der Waals surface area contributed by atoms with Gasteiger partial charge in [0.15, 0.2) is 0 Å². The number of nitrogens with one attached hydrogen (secondary N) is 1. The van der Waals surface area contributed by atoms with E-state index in [9.17, 15) is 0 Å². The van der Waals surface area contributed by atoms with Gasteiger partial charge in [0.05, 0.1) is 5.52 Å². The van der Waals surface area contributed by atoms with Gasteiger partial charge in [0.1, 0.15) is 5.82 Å². The SMILES string of the molecule is CNc1cc2ccccn2n1.Cl. The minimum absolute atomic E-state index is 0. The van der Waals surface area contributed by atoms with Crippen molar-refractivity contribution >= 4 is 23.7 Å². The van der Waals surface area contributed by atoms with E-state index in [2.05, 4.69) is 10.4 Å². The predicted octanol–water partition coefficient (Wildman–Crippen LogP) is 1.80. The molecule has 64 valence electrons. The number of nitrogens with zero attached hydrogens (tertiary/aromatic N) is 2. The minimum Gasteiger partial charge on any atom is -0.372 e. The average Bonchev–Trinajstić information content (AvgIpc) is 2.46. The smallest absolute Gasteiger partial charge is 0.148 e. The van der Waals surface area contributed by atoms with Crippen LogP contribution in [-0.2, 0) is 0 Å². The molecule has 0 aliphatic carbocycles. The first-order valence-corrected chi connectivity index (χ1v) is 3.52. The molecule has 0 aromatic carbocycles. The van der Waals surface area contributed by atoms with Crippen LogP contribution in [0.4, 0.5) is 5.82 Å². The molecule has 2 heterocycles. The molecule has 4 heteroatoms. The van der Waals surface area contributed by atoms with Crippen LogP contribution in [-0.4, -0.2) is 16.7 Å². The molecule has 1 N–H and O–H groups in total. The van der Waals surface area contributed by atoms with Gasteiger partial charge in [0, 0.05) is 19.3 Å². The molecular formula is C8H10ClN3. The Morgan fingerprint density at radius 2 is 2.25 bits per heavy atom. The van der Waals surface area contributed by atoms with Crippen molar-refractivity contribution in [3.05, 3.63) is 30.5 Å². The van der Waals surface area contributed by atoms with Crippen molar-refractivity contribution in [3.8, 4) is 0 Å². The predicted molar refractivity (Wildman–Crippen MR) is 52.0 cm³/mol. The average molecular weight is 184 g/mol. The van der Waals surface area contributed by atoms with Crippen molar-refractivity contribution in [2.24, 2.45) is 0 Å². The number of rotatable bonds is 1. The van der Waals surface area contributed by atoms with Gasteiger partial charge < -0.3 is 5.32 Å². The molecule has 2 rings (SSSR count). The van der Waals surface area contributed by atoms with Crippen LogP contribution in [0.3, 0.4) is 0 Å². The van der Waals surface area contributed by atoms with Crippen molar-refractivity contribution < 1.29 is 0 Å². The van der Waals surface area contributed by atoms with E-state index in [1.165, 1.54) is 0 Å². The van der Waals surface area contributed by atoms with Gasteiger partial charge in [0.25, 0.3) is 0 Å².